The predicted octanol–water partition coefficient (Wildman–Crippen LogP) is 4.65. The zero-order chi connectivity index (χ0) is 15.9. The molecule has 0 atom stereocenters. The number of nitrogens with one attached hydrogen (secondary N) is 2. The van der Waals surface area contributed by atoms with E-state index in [1.54, 1.807) is 0 Å². The second-order valence-electron chi connectivity index (χ2n) is 5.91. The van der Waals surface area contributed by atoms with Crippen molar-refractivity contribution in [3.8, 4) is 0 Å². The molecule has 25 heavy (non-hydrogen) atoms. The van der Waals surface area contributed by atoms with Crippen LogP contribution in [0.3, 0.4) is 0 Å². The summed E-state index contributed by atoms with van der Waals surface area (Å²) < 4.78 is 0. The van der Waals surface area contributed by atoms with Gasteiger partial charge >= 0.3 is 21.1 Å². The maximum atomic E-state index is 4.62. The number of hydrogen-bond acceptors (Lipinski definition) is 2. The number of hydrogen-bond donors (Lipinski definition) is 2. The number of aromatic nitrogens is 4. The summed E-state index contributed by atoms with van der Waals surface area (Å²) in [5.74, 6) is 0. The third kappa shape index (κ3) is 3.26. The fourth-order valence-corrected chi connectivity index (χ4v) is 2.94. The summed E-state index contributed by atoms with van der Waals surface area (Å²) in [7, 11) is 0. The molecule has 0 unspecified atom stereocenters. The van der Waals surface area contributed by atoms with Gasteiger partial charge in [-0.05, 0) is 72.8 Å². The van der Waals surface area contributed by atoms with Crippen molar-refractivity contribution in [3.05, 3.63) is 71.3 Å². The normalized spacial score (nSPS) is 12.2. The molecule has 3 aromatic heterocycles. The molecule has 5 rings (SSSR count). The van der Waals surface area contributed by atoms with Crippen LogP contribution in [0.1, 0.15) is 22.8 Å². The van der Waals surface area contributed by atoms with Crippen LogP contribution in [0.4, 0.5) is 0 Å². The van der Waals surface area contributed by atoms with Crippen molar-refractivity contribution >= 4 is 46.4 Å². The van der Waals surface area contributed by atoms with Crippen LogP contribution < -0.4 is 0 Å². The van der Waals surface area contributed by atoms with Gasteiger partial charge in [-0.3, -0.25) is 0 Å². The number of aromatic amines is 2. The van der Waals surface area contributed by atoms with Crippen molar-refractivity contribution in [2.75, 3.05) is 0 Å². The largest absolute Gasteiger partial charge is 2.00 e. The van der Waals surface area contributed by atoms with Gasteiger partial charge in [0, 0.05) is 22.1 Å². The Morgan fingerprint density at radius 1 is 0.480 bits per heavy atom. The summed E-state index contributed by atoms with van der Waals surface area (Å²) >= 11 is 0. The van der Waals surface area contributed by atoms with Crippen molar-refractivity contribution < 1.29 is 21.1 Å². The zero-order valence-corrected chi connectivity index (χ0v) is 15.4. The van der Waals surface area contributed by atoms with Gasteiger partial charge in [0.1, 0.15) is 0 Å². The third-order valence-corrected chi connectivity index (χ3v) is 4.04. The number of rotatable bonds is 0. The molecule has 2 aliphatic rings. The molecule has 122 valence electrons. The van der Waals surface area contributed by atoms with Gasteiger partial charge in [-0.15, -0.1) is 0 Å². The van der Waals surface area contributed by atoms with Crippen LogP contribution in [0.2, 0.25) is 0 Å². The van der Waals surface area contributed by atoms with Crippen LogP contribution in [0, 0.1) is 0 Å². The Morgan fingerprint density at radius 2 is 0.840 bits per heavy atom. The summed E-state index contributed by atoms with van der Waals surface area (Å²) in [6, 6.07) is 16.4. The third-order valence-electron chi connectivity index (χ3n) is 4.04. The first kappa shape index (κ1) is 15.8. The minimum Gasteiger partial charge on any atom is -0.355 e. The van der Waals surface area contributed by atoms with Gasteiger partial charge < -0.3 is 9.97 Å². The average Bonchev–Trinajstić information content (AvgIpc) is 3.32. The number of nitrogens with zero attached hydrogens (tertiary/aromatic N) is 2. The van der Waals surface area contributed by atoms with E-state index in [4.69, 9.17) is 0 Å². The maximum Gasteiger partial charge on any atom is 2.00 e. The van der Waals surface area contributed by atoms with Crippen LogP contribution in [0.25, 0.3) is 46.4 Å². The Labute approximate surface area is 158 Å². The van der Waals surface area contributed by atoms with E-state index in [0.717, 1.165) is 44.8 Å². The van der Waals surface area contributed by atoms with Crippen molar-refractivity contribution in [1.82, 2.24) is 19.9 Å². The van der Waals surface area contributed by atoms with Crippen LogP contribution in [0.5, 0.6) is 0 Å². The maximum absolute atomic E-state index is 4.62. The van der Waals surface area contributed by atoms with E-state index >= 15 is 0 Å². The predicted molar refractivity (Wildman–Crippen MR) is 98.9 cm³/mol. The van der Waals surface area contributed by atoms with Crippen molar-refractivity contribution in [2.45, 2.75) is 0 Å². The molecule has 5 heteroatoms. The second-order valence-corrected chi connectivity index (χ2v) is 5.91. The Morgan fingerprint density at radius 3 is 1.28 bits per heavy atom. The van der Waals surface area contributed by atoms with E-state index in [1.165, 1.54) is 0 Å². The molecular weight excluding hydrogens is 491 g/mol. The Hall–Kier alpha value is -2.71. The van der Waals surface area contributed by atoms with E-state index in [1.807, 2.05) is 42.5 Å². The summed E-state index contributed by atoms with van der Waals surface area (Å²) in [4.78, 5) is 16.0. The Bertz CT molecular complexity index is 1080. The van der Waals surface area contributed by atoms with Gasteiger partial charge in [-0.2, -0.15) is 0 Å². The van der Waals surface area contributed by atoms with Gasteiger partial charge in [-0.1, -0.05) is 0 Å². The van der Waals surface area contributed by atoms with E-state index < -0.39 is 0 Å². The molecule has 2 N–H and O–H groups in total. The first-order valence-corrected chi connectivity index (χ1v) is 7.85. The van der Waals surface area contributed by atoms with Gasteiger partial charge in [0.15, 0.2) is 0 Å². The van der Waals surface area contributed by atoms with Crippen molar-refractivity contribution in [1.29, 1.82) is 0 Å². The molecule has 0 fully saturated rings. The molecule has 4 nitrogen and oxygen atoms in total. The molecule has 5 heterocycles. The average molecular weight is 505 g/mol. The molecule has 0 amide bonds. The molecule has 8 bridgehead atoms. The standard InChI is InChI=1S/C20H14N4.Pt/c1-2-14-10-16-5-6-18(23-16)12-20-8-7-19(24-20)11-17-4-3-15(22-17)9-13(1)21-14;/h1-12,21-22H;/q;+2. The number of H-pyrrole nitrogens is 2. The fourth-order valence-electron chi connectivity index (χ4n) is 2.94. The van der Waals surface area contributed by atoms with E-state index in [0.29, 0.717) is 0 Å². The Kier molecular flexibility index (Phi) is 3.98. The smallest absolute Gasteiger partial charge is 0.355 e. The van der Waals surface area contributed by atoms with Crippen LogP contribution >= 0.6 is 0 Å². The van der Waals surface area contributed by atoms with Crippen molar-refractivity contribution in [2.24, 2.45) is 0 Å². The van der Waals surface area contributed by atoms with Gasteiger partial charge in [0.25, 0.3) is 0 Å². The van der Waals surface area contributed by atoms with Crippen LogP contribution in [0.15, 0.2) is 48.5 Å². The van der Waals surface area contributed by atoms with Crippen molar-refractivity contribution in [3.63, 3.8) is 0 Å². The summed E-state index contributed by atoms with van der Waals surface area (Å²) in [6.07, 6.45) is 8.05. The van der Waals surface area contributed by atoms with Crippen LogP contribution in [-0.2, 0) is 21.1 Å². The summed E-state index contributed by atoms with van der Waals surface area (Å²) in [5.41, 5.74) is 7.86. The summed E-state index contributed by atoms with van der Waals surface area (Å²) in [6.45, 7) is 0. The molecule has 0 aromatic carbocycles. The van der Waals surface area contributed by atoms with Gasteiger partial charge in [0.05, 0.1) is 22.8 Å². The summed E-state index contributed by atoms with van der Waals surface area (Å²) in [5, 5.41) is 0. The van der Waals surface area contributed by atoms with E-state index in [2.05, 4.69) is 50.3 Å². The van der Waals surface area contributed by atoms with Gasteiger partial charge in [0.2, 0.25) is 0 Å². The molecule has 0 saturated carbocycles. The quantitative estimate of drug-likeness (QED) is 0.322. The first-order chi connectivity index (χ1) is 11.8. The monoisotopic (exact) mass is 505 g/mol. The van der Waals surface area contributed by atoms with E-state index in [9.17, 15) is 0 Å². The topological polar surface area (TPSA) is 57.4 Å². The van der Waals surface area contributed by atoms with Crippen LogP contribution in [-0.4, -0.2) is 19.9 Å². The SMILES string of the molecule is C1=Cc2cc3ccc(cc4ccc(cc5nc(cc1n2)C=C5)[nH]4)[nH]3.[Pt+2]. The Balaban J connectivity index is 0.00000157. The minimum absolute atomic E-state index is 0. The van der Waals surface area contributed by atoms with E-state index in [-0.39, 0.29) is 21.1 Å². The molecule has 0 saturated heterocycles. The zero-order valence-electron chi connectivity index (χ0n) is 13.1. The molecule has 0 spiro atoms. The minimum atomic E-state index is 0. The molecule has 3 aromatic rings. The van der Waals surface area contributed by atoms with Gasteiger partial charge in [-0.25, -0.2) is 9.97 Å². The first-order valence-electron chi connectivity index (χ1n) is 7.85. The molecule has 0 aliphatic carbocycles. The molecular formula is C20H14N4Pt+2. The number of fused-ring (bicyclic) bond motifs is 8. The second kappa shape index (κ2) is 6.30. The molecule has 2 aliphatic heterocycles. The fraction of sp³-hybridized carbons (Fsp3) is 0. The molecule has 0 radical (unpaired) electrons.